The van der Waals surface area contributed by atoms with Gasteiger partial charge < -0.3 is 10.2 Å². The number of carbonyl (C=O) groups is 2. The Labute approximate surface area is 158 Å². The lowest BCUT2D eigenvalue weighted by Gasteiger charge is -2.38. The highest BCUT2D eigenvalue weighted by atomic mass is 16.6. The molecule has 4 heterocycles. The summed E-state index contributed by atoms with van der Waals surface area (Å²) in [6.07, 6.45) is 4.37. The first kappa shape index (κ1) is 17.9. The van der Waals surface area contributed by atoms with Gasteiger partial charge in [0.1, 0.15) is 0 Å². The van der Waals surface area contributed by atoms with Gasteiger partial charge in [-0.1, -0.05) is 11.2 Å². The maximum Gasteiger partial charge on any atom is 0.323 e. The summed E-state index contributed by atoms with van der Waals surface area (Å²) in [4.78, 5) is 37.4. The molecule has 0 aromatic carbocycles. The van der Waals surface area contributed by atoms with E-state index in [0.29, 0.717) is 12.5 Å². The molecule has 3 amide bonds. The maximum absolute atomic E-state index is 12.4. The number of imide groups is 1. The summed E-state index contributed by atoms with van der Waals surface area (Å²) in [5.41, 5.74) is 1.96. The number of aromatic nitrogens is 1. The molecule has 3 aliphatic rings. The zero-order valence-corrected chi connectivity index (χ0v) is 15.5. The summed E-state index contributed by atoms with van der Waals surface area (Å²) >= 11 is 0. The number of urea groups is 1. The molecule has 0 spiro atoms. The van der Waals surface area contributed by atoms with E-state index in [9.17, 15) is 9.59 Å². The Morgan fingerprint density at radius 3 is 2.81 bits per heavy atom. The summed E-state index contributed by atoms with van der Waals surface area (Å²) in [5.74, 6) is 0.166. The molecule has 3 aliphatic heterocycles. The Bertz CT molecular complexity index is 730. The van der Waals surface area contributed by atoms with Crippen LogP contribution in [-0.4, -0.2) is 65.7 Å². The molecule has 1 N–H and O–H groups in total. The third kappa shape index (κ3) is 3.80. The van der Waals surface area contributed by atoms with Gasteiger partial charge in [0.2, 0.25) is 5.91 Å². The normalized spacial score (nSPS) is 27.3. The Morgan fingerprint density at radius 2 is 2.07 bits per heavy atom. The summed E-state index contributed by atoms with van der Waals surface area (Å²) in [6, 6.07) is 5.52. The smallest absolute Gasteiger partial charge is 0.323 e. The van der Waals surface area contributed by atoms with Crippen molar-refractivity contribution in [2.24, 2.45) is 17.0 Å². The number of hydrogen-bond donors (Lipinski definition) is 1. The van der Waals surface area contributed by atoms with Crippen LogP contribution in [0, 0.1) is 11.8 Å². The molecule has 0 aliphatic carbocycles. The molecule has 0 saturated carbocycles. The van der Waals surface area contributed by atoms with Crippen LogP contribution >= 0.6 is 0 Å². The molecule has 2 unspecified atom stereocenters. The van der Waals surface area contributed by atoms with E-state index in [0.717, 1.165) is 50.3 Å². The lowest BCUT2D eigenvalue weighted by molar-refractivity contribution is -0.135. The Hall–Kier alpha value is -2.48. The summed E-state index contributed by atoms with van der Waals surface area (Å²) in [7, 11) is 1.55. The van der Waals surface area contributed by atoms with Crippen molar-refractivity contribution < 1.29 is 14.4 Å². The number of nitrogens with one attached hydrogen (secondary N) is 1. The number of oxime groups is 1. The van der Waals surface area contributed by atoms with Gasteiger partial charge >= 0.3 is 6.03 Å². The van der Waals surface area contributed by atoms with E-state index in [4.69, 9.17) is 4.84 Å². The first-order valence-corrected chi connectivity index (χ1v) is 9.52. The van der Waals surface area contributed by atoms with Gasteiger partial charge in [0.05, 0.1) is 17.3 Å². The number of pyridine rings is 1. The lowest BCUT2D eigenvalue weighted by Crippen LogP contribution is -2.56. The summed E-state index contributed by atoms with van der Waals surface area (Å²) in [5, 5.41) is 7.06. The largest absolute Gasteiger partial charge is 0.386 e. The molecule has 0 bridgehead atoms. The minimum atomic E-state index is -0.296. The number of amides is 3. The van der Waals surface area contributed by atoms with E-state index in [1.165, 1.54) is 4.90 Å². The van der Waals surface area contributed by atoms with Gasteiger partial charge in [-0.25, -0.2) is 4.79 Å². The van der Waals surface area contributed by atoms with E-state index < -0.39 is 0 Å². The first-order chi connectivity index (χ1) is 13.1. The minimum absolute atomic E-state index is 0.0519. The van der Waals surface area contributed by atoms with Gasteiger partial charge in [0, 0.05) is 32.8 Å². The second-order valence-electron chi connectivity index (χ2n) is 7.51. The van der Waals surface area contributed by atoms with Crippen molar-refractivity contribution in [1.29, 1.82) is 0 Å². The quantitative estimate of drug-likeness (QED) is 0.865. The highest BCUT2D eigenvalue weighted by Crippen LogP contribution is 2.29. The monoisotopic (exact) mass is 371 g/mol. The van der Waals surface area contributed by atoms with Gasteiger partial charge in [-0.05, 0) is 44.0 Å². The molecule has 2 atom stereocenters. The average Bonchev–Trinajstić information content (AvgIpc) is 3.16. The van der Waals surface area contributed by atoms with Crippen LogP contribution in [0.2, 0.25) is 0 Å². The molecule has 4 rings (SSSR count). The van der Waals surface area contributed by atoms with Crippen LogP contribution in [-0.2, 0) is 9.63 Å². The molecule has 27 heavy (non-hydrogen) atoms. The van der Waals surface area contributed by atoms with Crippen molar-refractivity contribution in [3.63, 3.8) is 0 Å². The maximum atomic E-state index is 12.4. The van der Waals surface area contributed by atoms with Crippen molar-refractivity contribution in [2.45, 2.75) is 25.4 Å². The molecule has 2 fully saturated rings. The highest BCUT2D eigenvalue weighted by molar-refractivity contribution is 5.97. The van der Waals surface area contributed by atoms with Gasteiger partial charge in [-0.15, -0.1) is 0 Å². The standard InChI is InChI=1S/C19H25N5O3/c1-23-18(25)15(11-21-19(23)26)13-5-8-24(9-6-13)12-14-10-17(27-22-14)16-4-2-3-7-20-16/h2-4,7,13,15,17H,5-6,8-12H2,1H3,(H,21,26). The fourth-order valence-electron chi connectivity index (χ4n) is 4.14. The van der Waals surface area contributed by atoms with Crippen LogP contribution in [0.5, 0.6) is 0 Å². The van der Waals surface area contributed by atoms with Crippen molar-refractivity contribution in [1.82, 2.24) is 20.1 Å². The number of rotatable bonds is 4. The van der Waals surface area contributed by atoms with Crippen LogP contribution in [0.4, 0.5) is 4.79 Å². The van der Waals surface area contributed by atoms with E-state index >= 15 is 0 Å². The molecular formula is C19H25N5O3. The fraction of sp³-hybridized carbons (Fsp3) is 0.579. The minimum Gasteiger partial charge on any atom is -0.386 e. The van der Waals surface area contributed by atoms with Gasteiger partial charge in [0.25, 0.3) is 0 Å². The van der Waals surface area contributed by atoms with Crippen molar-refractivity contribution >= 4 is 17.6 Å². The fourth-order valence-corrected chi connectivity index (χ4v) is 4.14. The van der Waals surface area contributed by atoms with Crippen LogP contribution in [0.25, 0.3) is 0 Å². The molecule has 8 nitrogen and oxygen atoms in total. The van der Waals surface area contributed by atoms with Crippen LogP contribution in [0.3, 0.4) is 0 Å². The van der Waals surface area contributed by atoms with Crippen LogP contribution in [0.15, 0.2) is 29.6 Å². The first-order valence-electron chi connectivity index (χ1n) is 9.52. The van der Waals surface area contributed by atoms with E-state index in [1.807, 2.05) is 18.2 Å². The second kappa shape index (κ2) is 7.64. The second-order valence-corrected chi connectivity index (χ2v) is 7.51. The SMILES string of the molecule is CN1C(=O)NCC(C2CCN(CC3=NOC(c4ccccn4)C3)CC2)C1=O. The predicted octanol–water partition coefficient (Wildman–Crippen LogP) is 1.41. The Balaban J connectivity index is 1.26. The number of hydrogen-bond acceptors (Lipinski definition) is 6. The Kier molecular flexibility index (Phi) is 5.07. The van der Waals surface area contributed by atoms with Crippen molar-refractivity contribution in [3.8, 4) is 0 Å². The van der Waals surface area contributed by atoms with E-state index in [2.05, 4.69) is 20.4 Å². The highest BCUT2D eigenvalue weighted by Gasteiger charge is 2.38. The summed E-state index contributed by atoms with van der Waals surface area (Å²) < 4.78 is 0. The lowest BCUT2D eigenvalue weighted by atomic mass is 9.82. The van der Waals surface area contributed by atoms with Gasteiger partial charge in [0.15, 0.2) is 6.10 Å². The number of piperidine rings is 1. The molecule has 144 valence electrons. The molecule has 0 radical (unpaired) electrons. The third-order valence-electron chi connectivity index (χ3n) is 5.78. The number of likely N-dealkylation sites (tertiary alicyclic amines) is 1. The topological polar surface area (TPSA) is 87.1 Å². The summed E-state index contributed by atoms with van der Waals surface area (Å²) in [6.45, 7) is 3.11. The predicted molar refractivity (Wildman–Crippen MR) is 98.9 cm³/mol. The Morgan fingerprint density at radius 1 is 1.26 bits per heavy atom. The molecule has 1 aromatic rings. The van der Waals surface area contributed by atoms with Gasteiger partial charge in [-0.2, -0.15) is 0 Å². The zero-order valence-electron chi connectivity index (χ0n) is 15.5. The van der Waals surface area contributed by atoms with E-state index in [1.54, 1.807) is 13.2 Å². The zero-order chi connectivity index (χ0) is 18.8. The third-order valence-corrected chi connectivity index (χ3v) is 5.78. The molecular weight excluding hydrogens is 346 g/mol. The molecule has 2 saturated heterocycles. The van der Waals surface area contributed by atoms with E-state index in [-0.39, 0.29) is 24.0 Å². The van der Waals surface area contributed by atoms with Crippen molar-refractivity contribution in [2.75, 3.05) is 33.2 Å². The number of carbonyl (C=O) groups excluding carboxylic acids is 2. The van der Waals surface area contributed by atoms with Crippen LogP contribution in [0.1, 0.15) is 31.1 Å². The molecule has 8 heteroatoms. The van der Waals surface area contributed by atoms with Crippen molar-refractivity contribution in [3.05, 3.63) is 30.1 Å². The average molecular weight is 371 g/mol. The van der Waals surface area contributed by atoms with Gasteiger partial charge in [-0.3, -0.25) is 19.6 Å². The molecule has 1 aromatic heterocycles. The number of nitrogens with zero attached hydrogens (tertiary/aromatic N) is 4. The van der Waals surface area contributed by atoms with Crippen LogP contribution < -0.4 is 5.32 Å².